The Bertz CT molecular complexity index is 1100. The number of carbonyl (C=O) groups excluding carboxylic acids is 1. The third-order valence-electron chi connectivity index (χ3n) is 7.29. The van der Waals surface area contributed by atoms with Crippen molar-refractivity contribution in [1.29, 1.82) is 0 Å². The van der Waals surface area contributed by atoms with Crippen LogP contribution in [0.3, 0.4) is 0 Å². The number of nitrogens with one attached hydrogen (secondary N) is 1. The van der Waals surface area contributed by atoms with Crippen LogP contribution in [0, 0.1) is 17.8 Å². The minimum atomic E-state index is -0.313. The summed E-state index contributed by atoms with van der Waals surface area (Å²) < 4.78 is 4.13. The van der Waals surface area contributed by atoms with Gasteiger partial charge >= 0.3 is 0 Å². The summed E-state index contributed by atoms with van der Waals surface area (Å²) in [6.45, 7) is 8.35. The number of fused-ring (bicyclic) bond motifs is 2. The van der Waals surface area contributed by atoms with Crippen molar-refractivity contribution < 1.29 is 4.79 Å². The van der Waals surface area contributed by atoms with Crippen LogP contribution in [0.25, 0.3) is 10.7 Å². The summed E-state index contributed by atoms with van der Waals surface area (Å²) >= 11 is 3.18. The Morgan fingerprint density at radius 3 is 2.70 bits per heavy atom. The number of aromatic nitrogens is 5. The van der Waals surface area contributed by atoms with Crippen molar-refractivity contribution in [2.75, 3.05) is 5.32 Å². The highest BCUT2D eigenvalue weighted by Crippen LogP contribution is 2.53. The Morgan fingerprint density at radius 1 is 1.18 bits per heavy atom. The van der Waals surface area contributed by atoms with Gasteiger partial charge in [0.25, 0.3) is 0 Å². The zero-order chi connectivity index (χ0) is 23.1. The average Bonchev–Trinajstić information content (AvgIpc) is 3.61. The molecule has 0 aliphatic heterocycles. The molecule has 5 unspecified atom stereocenters. The van der Waals surface area contributed by atoms with E-state index in [1.54, 1.807) is 17.5 Å². The van der Waals surface area contributed by atoms with Crippen LogP contribution in [-0.2, 0) is 4.79 Å². The molecule has 176 valence electrons. The average molecular weight is 485 g/mol. The number of thioether (sulfide) groups is 1. The van der Waals surface area contributed by atoms with Gasteiger partial charge in [-0.25, -0.2) is 4.68 Å². The Balaban J connectivity index is 1.38. The number of hydrogen-bond donors (Lipinski definition) is 1. The minimum absolute atomic E-state index is 0.0535. The first-order valence-corrected chi connectivity index (χ1v) is 13.7. The number of hydrogen-bond acceptors (Lipinski definition) is 6. The van der Waals surface area contributed by atoms with E-state index in [9.17, 15) is 4.79 Å². The lowest BCUT2D eigenvalue weighted by Crippen LogP contribution is -2.26. The number of rotatable bonds is 8. The Labute approximate surface area is 203 Å². The normalized spacial score (nSPS) is 23.8. The summed E-state index contributed by atoms with van der Waals surface area (Å²) in [5.74, 6) is 3.94. The topological polar surface area (TPSA) is 77.6 Å². The van der Waals surface area contributed by atoms with Gasteiger partial charge in [0, 0.05) is 18.2 Å². The molecule has 0 radical (unpaired) electrons. The molecule has 5 rings (SSSR count). The molecule has 1 N–H and O–H groups in total. The summed E-state index contributed by atoms with van der Waals surface area (Å²) in [5.41, 5.74) is 0. The highest BCUT2D eigenvalue weighted by atomic mass is 32.2. The van der Waals surface area contributed by atoms with E-state index in [-0.39, 0.29) is 17.2 Å². The fraction of sp³-hybridized carbons (Fsp3) is 0.583. The van der Waals surface area contributed by atoms with Gasteiger partial charge in [-0.3, -0.25) is 9.36 Å². The second-order valence-corrected chi connectivity index (χ2v) is 12.0. The summed E-state index contributed by atoms with van der Waals surface area (Å²) in [6, 6.07) is 6.49. The molecule has 2 aliphatic carbocycles. The molecule has 0 saturated heterocycles. The van der Waals surface area contributed by atoms with Crippen LogP contribution in [0.2, 0.25) is 0 Å². The van der Waals surface area contributed by atoms with Crippen LogP contribution in [0.4, 0.5) is 5.82 Å². The molecule has 3 aromatic heterocycles. The molecule has 0 spiro atoms. The Hall–Kier alpha value is -2.13. The predicted molar refractivity (Wildman–Crippen MR) is 134 cm³/mol. The maximum atomic E-state index is 13.0. The van der Waals surface area contributed by atoms with Gasteiger partial charge in [-0.2, -0.15) is 5.10 Å². The standard InChI is InChI=1S/C24H32N6OS2/c1-14(2)30-21(9-10-25-30)26-23(31)16(4)33-24-28-27-22(20-6-5-11-32-20)29(24)15(3)19-13-17-7-8-18(19)12-17/h5-6,9-11,14-19H,7-8,12-13H2,1-4H3,(H,26,31). The second kappa shape index (κ2) is 9.25. The van der Waals surface area contributed by atoms with E-state index in [0.29, 0.717) is 12.0 Å². The smallest absolute Gasteiger partial charge is 0.238 e. The molecule has 2 saturated carbocycles. The highest BCUT2D eigenvalue weighted by molar-refractivity contribution is 8.00. The molecule has 5 atom stereocenters. The quantitative estimate of drug-likeness (QED) is 0.403. The van der Waals surface area contributed by atoms with Crippen molar-refractivity contribution >= 4 is 34.8 Å². The highest BCUT2D eigenvalue weighted by Gasteiger charge is 2.43. The first-order valence-electron chi connectivity index (χ1n) is 11.9. The fourth-order valence-electron chi connectivity index (χ4n) is 5.64. The zero-order valence-electron chi connectivity index (χ0n) is 19.6. The Kier molecular flexibility index (Phi) is 6.35. The Morgan fingerprint density at radius 2 is 2.03 bits per heavy atom. The first kappa shape index (κ1) is 22.7. The SMILES string of the molecule is CC(Sc1nnc(-c2cccs2)n1C(C)C1CC2CCC1C2)C(=O)Nc1ccnn1C(C)C. The van der Waals surface area contributed by atoms with Crippen molar-refractivity contribution in [3.63, 3.8) is 0 Å². The fourth-order valence-corrected chi connectivity index (χ4v) is 7.28. The van der Waals surface area contributed by atoms with E-state index in [2.05, 4.69) is 49.6 Å². The van der Waals surface area contributed by atoms with Gasteiger partial charge in [0.2, 0.25) is 5.91 Å². The molecule has 2 aliphatic rings. The minimum Gasteiger partial charge on any atom is -0.310 e. The maximum absolute atomic E-state index is 13.0. The van der Waals surface area contributed by atoms with Crippen LogP contribution < -0.4 is 5.32 Å². The lowest BCUT2D eigenvalue weighted by Gasteiger charge is -2.30. The molecule has 0 aromatic carbocycles. The molecular formula is C24H32N6OS2. The van der Waals surface area contributed by atoms with Gasteiger partial charge in [0.1, 0.15) is 5.82 Å². The van der Waals surface area contributed by atoms with E-state index in [4.69, 9.17) is 0 Å². The second-order valence-electron chi connectivity index (χ2n) is 9.74. The van der Waals surface area contributed by atoms with Gasteiger partial charge in [-0.1, -0.05) is 24.2 Å². The van der Waals surface area contributed by atoms with Gasteiger partial charge in [-0.15, -0.1) is 21.5 Å². The van der Waals surface area contributed by atoms with Crippen LogP contribution in [0.1, 0.15) is 65.5 Å². The van der Waals surface area contributed by atoms with Crippen molar-refractivity contribution in [3.05, 3.63) is 29.8 Å². The number of carbonyl (C=O) groups is 1. The van der Waals surface area contributed by atoms with E-state index in [0.717, 1.165) is 33.5 Å². The van der Waals surface area contributed by atoms with Gasteiger partial charge in [0.15, 0.2) is 11.0 Å². The van der Waals surface area contributed by atoms with Gasteiger partial charge in [-0.05, 0) is 76.2 Å². The van der Waals surface area contributed by atoms with E-state index in [1.807, 2.05) is 31.5 Å². The molecular weight excluding hydrogens is 452 g/mol. The van der Waals surface area contributed by atoms with E-state index < -0.39 is 0 Å². The molecule has 1 amide bonds. The number of anilines is 1. The van der Waals surface area contributed by atoms with Crippen molar-refractivity contribution in [3.8, 4) is 10.7 Å². The largest absolute Gasteiger partial charge is 0.310 e. The lowest BCUT2D eigenvalue weighted by molar-refractivity contribution is -0.115. The van der Waals surface area contributed by atoms with Crippen molar-refractivity contribution in [2.24, 2.45) is 17.8 Å². The monoisotopic (exact) mass is 484 g/mol. The molecule has 33 heavy (non-hydrogen) atoms. The van der Waals surface area contributed by atoms with Crippen molar-refractivity contribution in [2.45, 2.75) is 75.9 Å². The number of amides is 1. The maximum Gasteiger partial charge on any atom is 0.238 e. The zero-order valence-corrected chi connectivity index (χ0v) is 21.3. The molecule has 2 fully saturated rings. The van der Waals surface area contributed by atoms with Gasteiger partial charge < -0.3 is 5.32 Å². The summed E-state index contributed by atoms with van der Waals surface area (Å²) in [5, 5.41) is 19.1. The van der Waals surface area contributed by atoms with Crippen LogP contribution in [-0.4, -0.2) is 35.7 Å². The number of thiophene rings is 1. The molecule has 9 heteroatoms. The first-order chi connectivity index (χ1) is 15.9. The third-order valence-corrected chi connectivity index (χ3v) is 9.21. The van der Waals surface area contributed by atoms with Crippen LogP contribution in [0.5, 0.6) is 0 Å². The van der Waals surface area contributed by atoms with Crippen molar-refractivity contribution in [1.82, 2.24) is 24.5 Å². The molecule has 3 aromatic rings. The van der Waals surface area contributed by atoms with Gasteiger partial charge in [0.05, 0.1) is 16.3 Å². The molecule has 7 nitrogen and oxygen atoms in total. The van der Waals surface area contributed by atoms with E-state index in [1.165, 1.54) is 37.4 Å². The lowest BCUT2D eigenvalue weighted by atomic mass is 9.84. The molecule has 3 heterocycles. The number of nitrogens with zero attached hydrogens (tertiary/aromatic N) is 5. The third kappa shape index (κ3) is 4.37. The summed E-state index contributed by atoms with van der Waals surface area (Å²) in [7, 11) is 0. The summed E-state index contributed by atoms with van der Waals surface area (Å²) in [4.78, 5) is 14.2. The molecule has 2 bridgehead atoms. The van der Waals surface area contributed by atoms with E-state index >= 15 is 0 Å². The predicted octanol–water partition coefficient (Wildman–Crippen LogP) is 5.90. The van der Waals surface area contributed by atoms with Crippen LogP contribution >= 0.6 is 23.1 Å². The summed E-state index contributed by atoms with van der Waals surface area (Å²) in [6.07, 6.45) is 7.12. The van der Waals surface area contributed by atoms with Crippen LogP contribution in [0.15, 0.2) is 34.9 Å².